The van der Waals surface area contributed by atoms with Crippen LogP contribution in [0.25, 0.3) is 0 Å². The Bertz CT molecular complexity index is 496. The molecule has 1 aromatic heterocycles. The lowest BCUT2D eigenvalue weighted by Crippen LogP contribution is -2.57. The van der Waals surface area contributed by atoms with Gasteiger partial charge in [0.25, 0.3) is 5.91 Å². The molecule has 8 heteroatoms. The number of amides is 1. The Morgan fingerprint density at radius 2 is 2.21 bits per heavy atom. The van der Waals surface area contributed by atoms with Crippen LogP contribution in [0.1, 0.15) is 31.0 Å². The summed E-state index contributed by atoms with van der Waals surface area (Å²) in [4.78, 5) is 12.9. The number of nitrogens with zero attached hydrogens (tertiary/aromatic N) is 2. The van der Waals surface area contributed by atoms with Crippen molar-refractivity contribution in [2.24, 2.45) is 0 Å². The first-order valence-corrected chi connectivity index (χ1v) is 5.75. The van der Waals surface area contributed by atoms with Gasteiger partial charge in [0.05, 0.1) is 6.20 Å². The van der Waals surface area contributed by atoms with E-state index in [4.69, 9.17) is 0 Å². The van der Waals surface area contributed by atoms with Gasteiger partial charge in [0.1, 0.15) is 0 Å². The van der Waals surface area contributed by atoms with Gasteiger partial charge in [0, 0.05) is 30.3 Å². The second-order valence-electron chi connectivity index (χ2n) is 4.97. The van der Waals surface area contributed by atoms with E-state index in [1.165, 1.54) is 6.20 Å². The average Bonchev–Trinajstić information content (AvgIpc) is 2.74. The largest absolute Gasteiger partial charge is 0.426 e. The van der Waals surface area contributed by atoms with Crippen molar-refractivity contribution in [1.82, 2.24) is 15.1 Å². The van der Waals surface area contributed by atoms with E-state index in [1.54, 1.807) is 6.92 Å². The zero-order valence-corrected chi connectivity index (χ0v) is 10.5. The standard InChI is InChI=1S/C11H14F3N3O2/c1-6-4-17(5-7-3-15-16-8(6)7)9(18)10(2,19)11(12,13)14/h3,6,19H,4-5H2,1-2H3,(H,15,16)/t6-,10?/m1/s1. The Morgan fingerprint density at radius 1 is 1.58 bits per heavy atom. The molecule has 0 bridgehead atoms. The van der Waals surface area contributed by atoms with Crippen molar-refractivity contribution >= 4 is 5.91 Å². The van der Waals surface area contributed by atoms with Crippen molar-refractivity contribution in [3.63, 3.8) is 0 Å². The van der Waals surface area contributed by atoms with Crippen molar-refractivity contribution in [2.75, 3.05) is 6.54 Å². The lowest BCUT2D eigenvalue weighted by Gasteiger charge is -2.36. The number of aromatic nitrogens is 2. The molecule has 2 rings (SSSR count). The van der Waals surface area contributed by atoms with E-state index < -0.39 is 17.7 Å². The van der Waals surface area contributed by atoms with Gasteiger partial charge in [-0.1, -0.05) is 6.92 Å². The van der Waals surface area contributed by atoms with Gasteiger partial charge in [-0.3, -0.25) is 9.89 Å². The minimum absolute atomic E-state index is 0.0151. The Balaban J connectivity index is 2.24. The molecule has 0 spiro atoms. The number of halogens is 3. The van der Waals surface area contributed by atoms with Crippen LogP contribution in [0.3, 0.4) is 0 Å². The summed E-state index contributed by atoms with van der Waals surface area (Å²) in [6.45, 7) is 2.38. The Hall–Kier alpha value is -1.57. The fourth-order valence-electron chi connectivity index (χ4n) is 2.15. The molecule has 5 nitrogen and oxygen atoms in total. The number of fused-ring (bicyclic) bond motifs is 1. The molecule has 2 atom stereocenters. The van der Waals surface area contributed by atoms with Gasteiger partial charge in [-0.25, -0.2) is 0 Å². The summed E-state index contributed by atoms with van der Waals surface area (Å²) >= 11 is 0. The first-order chi connectivity index (χ1) is 8.64. The molecule has 19 heavy (non-hydrogen) atoms. The number of nitrogens with one attached hydrogen (secondary N) is 1. The van der Waals surface area contributed by atoms with Crippen LogP contribution in [0, 0.1) is 0 Å². The molecule has 0 aromatic carbocycles. The fraction of sp³-hybridized carbons (Fsp3) is 0.636. The fourth-order valence-corrected chi connectivity index (χ4v) is 2.15. The summed E-state index contributed by atoms with van der Waals surface area (Å²) in [6, 6.07) is 0. The smallest absolute Gasteiger partial charge is 0.373 e. The minimum Gasteiger partial charge on any atom is -0.373 e. The molecule has 106 valence electrons. The van der Waals surface area contributed by atoms with E-state index in [1.807, 2.05) is 0 Å². The molecule has 1 aromatic rings. The van der Waals surface area contributed by atoms with Crippen molar-refractivity contribution in [3.8, 4) is 0 Å². The number of hydrogen-bond donors (Lipinski definition) is 2. The van der Waals surface area contributed by atoms with Gasteiger partial charge in [-0.2, -0.15) is 18.3 Å². The number of rotatable bonds is 1. The molecule has 0 saturated heterocycles. The summed E-state index contributed by atoms with van der Waals surface area (Å²) < 4.78 is 38.0. The minimum atomic E-state index is -5.00. The number of hydrogen-bond acceptors (Lipinski definition) is 3. The highest BCUT2D eigenvalue weighted by Gasteiger charge is 2.57. The van der Waals surface area contributed by atoms with Gasteiger partial charge in [-0.15, -0.1) is 0 Å². The SMILES string of the molecule is C[C@@H]1CN(C(=O)C(C)(O)C(F)(F)F)Cc2cn[nH]c21. The first-order valence-electron chi connectivity index (χ1n) is 5.75. The molecule has 1 aliphatic rings. The molecular formula is C11H14F3N3O2. The van der Waals surface area contributed by atoms with E-state index in [0.29, 0.717) is 12.5 Å². The second-order valence-corrected chi connectivity index (χ2v) is 4.97. The van der Waals surface area contributed by atoms with Gasteiger partial charge in [0.2, 0.25) is 5.60 Å². The maximum atomic E-state index is 12.7. The third-order valence-electron chi connectivity index (χ3n) is 3.36. The second kappa shape index (κ2) is 4.22. The van der Waals surface area contributed by atoms with Crippen molar-refractivity contribution in [3.05, 3.63) is 17.5 Å². The first kappa shape index (κ1) is 13.9. The van der Waals surface area contributed by atoms with Crippen molar-refractivity contribution in [2.45, 2.75) is 38.1 Å². The molecule has 1 amide bonds. The number of carbonyl (C=O) groups is 1. The zero-order chi connectivity index (χ0) is 14.4. The van der Waals surface area contributed by atoms with Crippen molar-refractivity contribution < 1.29 is 23.1 Å². The van der Waals surface area contributed by atoms with E-state index in [0.717, 1.165) is 10.6 Å². The Kier molecular flexibility index (Phi) is 3.08. The summed E-state index contributed by atoms with van der Waals surface area (Å²) in [5.41, 5.74) is -1.88. The molecular weight excluding hydrogens is 263 g/mol. The van der Waals surface area contributed by atoms with Crippen LogP contribution >= 0.6 is 0 Å². The van der Waals surface area contributed by atoms with E-state index in [2.05, 4.69) is 10.2 Å². The molecule has 2 N–H and O–H groups in total. The maximum Gasteiger partial charge on any atom is 0.426 e. The molecule has 1 aliphatic heterocycles. The van der Waals surface area contributed by atoms with Crippen molar-refractivity contribution in [1.29, 1.82) is 0 Å². The molecule has 0 aliphatic carbocycles. The highest BCUT2D eigenvalue weighted by molar-refractivity contribution is 5.85. The number of alkyl halides is 3. The van der Waals surface area contributed by atoms with Gasteiger partial charge < -0.3 is 10.0 Å². The van der Waals surface area contributed by atoms with Gasteiger partial charge in [0.15, 0.2) is 0 Å². The van der Waals surface area contributed by atoms with E-state index in [-0.39, 0.29) is 19.0 Å². The summed E-state index contributed by atoms with van der Waals surface area (Å²) in [7, 11) is 0. The summed E-state index contributed by atoms with van der Waals surface area (Å²) in [6.07, 6.45) is -3.52. The third kappa shape index (κ3) is 2.20. The van der Waals surface area contributed by atoms with Crippen LogP contribution in [-0.4, -0.2) is 44.4 Å². The monoisotopic (exact) mass is 277 g/mol. The Labute approximate surface area is 107 Å². The van der Waals surface area contributed by atoms with Gasteiger partial charge in [-0.05, 0) is 6.92 Å². The van der Waals surface area contributed by atoms with E-state index in [9.17, 15) is 23.1 Å². The lowest BCUT2D eigenvalue weighted by atomic mass is 9.96. The summed E-state index contributed by atoms with van der Waals surface area (Å²) in [5.74, 6) is -1.49. The van der Waals surface area contributed by atoms with Crippen LogP contribution in [0.15, 0.2) is 6.20 Å². The number of H-pyrrole nitrogens is 1. The van der Waals surface area contributed by atoms with Crippen LogP contribution in [0.5, 0.6) is 0 Å². The highest BCUT2D eigenvalue weighted by Crippen LogP contribution is 2.34. The van der Waals surface area contributed by atoms with Crippen LogP contribution in [-0.2, 0) is 11.3 Å². The topological polar surface area (TPSA) is 69.2 Å². The molecule has 0 fully saturated rings. The number of aliphatic hydroxyl groups is 1. The predicted molar refractivity (Wildman–Crippen MR) is 59.1 cm³/mol. The van der Waals surface area contributed by atoms with Crippen LogP contribution in [0.2, 0.25) is 0 Å². The van der Waals surface area contributed by atoms with Gasteiger partial charge >= 0.3 is 6.18 Å². The normalized spacial score (nSPS) is 22.8. The molecule has 1 unspecified atom stereocenters. The average molecular weight is 277 g/mol. The predicted octanol–water partition coefficient (Wildman–Crippen LogP) is 1.17. The van der Waals surface area contributed by atoms with Crippen LogP contribution in [0.4, 0.5) is 13.2 Å². The number of aromatic amines is 1. The number of carbonyl (C=O) groups excluding carboxylic acids is 1. The van der Waals surface area contributed by atoms with Crippen LogP contribution < -0.4 is 0 Å². The molecule has 0 saturated carbocycles. The molecule has 0 radical (unpaired) electrons. The highest BCUT2D eigenvalue weighted by atomic mass is 19.4. The van der Waals surface area contributed by atoms with E-state index >= 15 is 0 Å². The third-order valence-corrected chi connectivity index (χ3v) is 3.36. The maximum absolute atomic E-state index is 12.7. The summed E-state index contributed by atoms with van der Waals surface area (Å²) in [5, 5.41) is 16.0. The lowest BCUT2D eigenvalue weighted by molar-refractivity contribution is -0.250. The quantitative estimate of drug-likeness (QED) is 0.809. The molecule has 2 heterocycles. The zero-order valence-electron chi connectivity index (χ0n) is 10.5. The Morgan fingerprint density at radius 3 is 2.79 bits per heavy atom.